The van der Waals surface area contributed by atoms with Crippen molar-refractivity contribution >= 4 is 11.4 Å². The Balaban J connectivity index is 2.20. The molecule has 5 heteroatoms. The molecule has 106 valence electrons. The van der Waals surface area contributed by atoms with E-state index in [0.717, 1.165) is 11.3 Å². The van der Waals surface area contributed by atoms with Crippen molar-refractivity contribution in [2.45, 2.75) is 13.5 Å². The van der Waals surface area contributed by atoms with E-state index < -0.39 is 0 Å². The van der Waals surface area contributed by atoms with E-state index in [1.54, 1.807) is 25.1 Å². The van der Waals surface area contributed by atoms with Crippen LogP contribution in [-0.4, -0.2) is 12.0 Å². The summed E-state index contributed by atoms with van der Waals surface area (Å²) in [5.41, 5.74) is 3.31. The second kappa shape index (κ2) is 6.06. The summed E-state index contributed by atoms with van der Waals surface area (Å²) in [4.78, 5) is 12.4. The van der Waals surface area contributed by atoms with Crippen molar-refractivity contribution in [2.24, 2.45) is 0 Å². The Hall–Kier alpha value is -2.87. The molecule has 2 rings (SSSR count). The molecule has 0 aliphatic carbocycles. The average molecular weight is 281 g/mol. The molecular formula is C16H15N3O2. The molecule has 0 aliphatic rings. The number of rotatable bonds is 4. The fourth-order valence-electron chi connectivity index (χ4n) is 2.19. The molecule has 0 N–H and O–H groups in total. The molecule has 0 fully saturated rings. The fraction of sp³-hybridized carbons (Fsp3) is 0.188. The molecule has 0 saturated carbocycles. The van der Waals surface area contributed by atoms with Gasteiger partial charge in [-0.15, -0.1) is 0 Å². The van der Waals surface area contributed by atoms with Gasteiger partial charge in [0.25, 0.3) is 5.69 Å². The van der Waals surface area contributed by atoms with Crippen molar-refractivity contribution in [3.05, 3.63) is 69.3 Å². The number of benzene rings is 2. The summed E-state index contributed by atoms with van der Waals surface area (Å²) < 4.78 is 0. The van der Waals surface area contributed by atoms with E-state index in [0.29, 0.717) is 17.7 Å². The van der Waals surface area contributed by atoms with Crippen LogP contribution >= 0.6 is 0 Å². The second-order valence-corrected chi connectivity index (χ2v) is 4.90. The van der Waals surface area contributed by atoms with E-state index >= 15 is 0 Å². The average Bonchev–Trinajstić information content (AvgIpc) is 2.46. The van der Waals surface area contributed by atoms with E-state index in [9.17, 15) is 10.1 Å². The molecule has 0 unspecified atom stereocenters. The first-order valence-corrected chi connectivity index (χ1v) is 6.46. The lowest BCUT2D eigenvalue weighted by molar-refractivity contribution is -0.385. The van der Waals surface area contributed by atoms with Crippen LogP contribution in [0.1, 0.15) is 16.7 Å². The lowest BCUT2D eigenvalue weighted by atomic mass is 10.1. The Morgan fingerprint density at radius 1 is 1.29 bits per heavy atom. The molecule has 0 saturated heterocycles. The van der Waals surface area contributed by atoms with Gasteiger partial charge in [-0.05, 0) is 36.8 Å². The van der Waals surface area contributed by atoms with Gasteiger partial charge in [0.2, 0.25) is 0 Å². The maximum absolute atomic E-state index is 10.8. The van der Waals surface area contributed by atoms with Gasteiger partial charge in [-0.2, -0.15) is 5.26 Å². The van der Waals surface area contributed by atoms with Gasteiger partial charge < -0.3 is 4.90 Å². The quantitative estimate of drug-likeness (QED) is 0.636. The summed E-state index contributed by atoms with van der Waals surface area (Å²) in [6.07, 6.45) is 0. The second-order valence-electron chi connectivity index (χ2n) is 4.90. The van der Waals surface area contributed by atoms with Crippen LogP contribution in [0.25, 0.3) is 0 Å². The van der Waals surface area contributed by atoms with Crippen molar-refractivity contribution in [2.75, 3.05) is 11.9 Å². The highest BCUT2D eigenvalue weighted by molar-refractivity contribution is 5.55. The molecule has 0 radical (unpaired) electrons. The number of nitro benzene ring substituents is 1. The summed E-state index contributed by atoms with van der Waals surface area (Å²) in [5, 5.41) is 19.7. The Morgan fingerprint density at radius 3 is 2.67 bits per heavy atom. The number of aryl methyl sites for hydroxylation is 1. The first-order valence-electron chi connectivity index (χ1n) is 6.46. The third-order valence-corrected chi connectivity index (χ3v) is 3.29. The van der Waals surface area contributed by atoms with Crippen LogP contribution in [0, 0.1) is 28.4 Å². The zero-order valence-electron chi connectivity index (χ0n) is 11.9. The Labute approximate surface area is 123 Å². The van der Waals surface area contributed by atoms with Crippen LogP contribution in [0.5, 0.6) is 0 Å². The molecule has 0 amide bonds. The zero-order valence-corrected chi connectivity index (χ0v) is 11.9. The summed E-state index contributed by atoms with van der Waals surface area (Å²) in [6, 6.07) is 14.6. The van der Waals surface area contributed by atoms with Crippen LogP contribution in [0.3, 0.4) is 0 Å². The number of nitriles is 1. The largest absolute Gasteiger partial charge is 0.370 e. The summed E-state index contributed by atoms with van der Waals surface area (Å²) >= 11 is 0. The van der Waals surface area contributed by atoms with E-state index in [1.165, 1.54) is 6.07 Å². The lowest BCUT2D eigenvalue weighted by Gasteiger charge is -2.20. The standard InChI is InChI=1S/C16H15N3O2/c1-12-8-15(6-7-16(12)19(20)21)18(2)11-14-5-3-4-13(9-14)10-17/h3-9H,11H2,1-2H3. The number of hydrogen-bond acceptors (Lipinski definition) is 4. The Bertz CT molecular complexity index is 720. The molecule has 2 aromatic carbocycles. The van der Waals surface area contributed by atoms with Crippen molar-refractivity contribution in [1.82, 2.24) is 0 Å². The molecule has 2 aromatic rings. The molecule has 0 aliphatic heterocycles. The predicted octanol–water partition coefficient (Wildman–Crippen LogP) is 3.41. The topological polar surface area (TPSA) is 70.2 Å². The third-order valence-electron chi connectivity index (χ3n) is 3.29. The van der Waals surface area contributed by atoms with Crippen LogP contribution in [0.2, 0.25) is 0 Å². The molecule has 0 atom stereocenters. The van der Waals surface area contributed by atoms with Crippen LogP contribution in [-0.2, 0) is 6.54 Å². The highest BCUT2D eigenvalue weighted by Gasteiger charge is 2.12. The molecular weight excluding hydrogens is 266 g/mol. The highest BCUT2D eigenvalue weighted by atomic mass is 16.6. The van der Waals surface area contributed by atoms with E-state index in [2.05, 4.69) is 6.07 Å². The molecule has 5 nitrogen and oxygen atoms in total. The van der Waals surface area contributed by atoms with Crippen LogP contribution in [0.15, 0.2) is 42.5 Å². The SMILES string of the molecule is Cc1cc(N(C)Cc2cccc(C#N)c2)ccc1[N+](=O)[O-]. The number of nitro groups is 1. The number of anilines is 1. The minimum atomic E-state index is -0.379. The van der Waals surface area contributed by atoms with Gasteiger partial charge in [0, 0.05) is 30.9 Å². The molecule has 0 spiro atoms. The Kier molecular flexibility index (Phi) is 4.19. The monoisotopic (exact) mass is 281 g/mol. The van der Waals surface area contributed by atoms with E-state index in [1.807, 2.05) is 30.1 Å². The predicted molar refractivity (Wildman–Crippen MR) is 81.1 cm³/mol. The van der Waals surface area contributed by atoms with Gasteiger partial charge in [0.15, 0.2) is 0 Å². The molecule has 21 heavy (non-hydrogen) atoms. The minimum Gasteiger partial charge on any atom is -0.370 e. The van der Waals surface area contributed by atoms with Gasteiger partial charge in [-0.1, -0.05) is 12.1 Å². The van der Waals surface area contributed by atoms with Gasteiger partial charge >= 0.3 is 0 Å². The van der Waals surface area contributed by atoms with Gasteiger partial charge in [-0.25, -0.2) is 0 Å². The first-order chi connectivity index (χ1) is 10.0. The highest BCUT2D eigenvalue weighted by Crippen LogP contribution is 2.24. The van der Waals surface area contributed by atoms with Gasteiger partial charge in [-0.3, -0.25) is 10.1 Å². The van der Waals surface area contributed by atoms with Gasteiger partial charge in [0.1, 0.15) is 0 Å². The van der Waals surface area contributed by atoms with Crippen molar-refractivity contribution in [1.29, 1.82) is 5.26 Å². The maximum atomic E-state index is 10.8. The van der Waals surface area contributed by atoms with Crippen LogP contribution in [0.4, 0.5) is 11.4 Å². The Morgan fingerprint density at radius 2 is 2.05 bits per heavy atom. The third kappa shape index (κ3) is 3.37. The summed E-state index contributed by atoms with van der Waals surface area (Å²) in [6.45, 7) is 2.36. The van der Waals surface area contributed by atoms with Crippen molar-refractivity contribution < 1.29 is 4.92 Å². The number of hydrogen-bond donors (Lipinski definition) is 0. The molecule has 0 heterocycles. The molecule has 0 bridgehead atoms. The normalized spacial score (nSPS) is 9.95. The van der Waals surface area contributed by atoms with Gasteiger partial charge in [0.05, 0.1) is 16.6 Å². The minimum absolute atomic E-state index is 0.124. The lowest BCUT2D eigenvalue weighted by Crippen LogP contribution is -2.16. The zero-order chi connectivity index (χ0) is 15.4. The fourth-order valence-corrected chi connectivity index (χ4v) is 2.19. The van der Waals surface area contributed by atoms with E-state index in [-0.39, 0.29) is 10.6 Å². The van der Waals surface area contributed by atoms with Crippen molar-refractivity contribution in [3.63, 3.8) is 0 Å². The molecule has 0 aromatic heterocycles. The van der Waals surface area contributed by atoms with Crippen LogP contribution < -0.4 is 4.90 Å². The maximum Gasteiger partial charge on any atom is 0.272 e. The summed E-state index contributed by atoms with van der Waals surface area (Å²) in [7, 11) is 1.92. The first kappa shape index (κ1) is 14.5. The summed E-state index contributed by atoms with van der Waals surface area (Å²) in [5.74, 6) is 0. The number of nitrogens with zero attached hydrogens (tertiary/aromatic N) is 3. The van der Waals surface area contributed by atoms with Crippen molar-refractivity contribution in [3.8, 4) is 6.07 Å². The van der Waals surface area contributed by atoms with E-state index in [4.69, 9.17) is 5.26 Å². The smallest absolute Gasteiger partial charge is 0.272 e.